The molecule has 0 saturated heterocycles. The van der Waals surface area contributed by atoms with Gasteiger partial charge in [-0.3, -0.25) is 4.79 Å². The van der Waals surface area contributed by atoms with E-state index in [0.29, 0.717) is 5.82 Å². The minimum Gasteiger partial charge on any atom is -0.348 e. The van der Waals surface area contributed by atoms with Crippen molar-refractivity contribution >= 4 is 15.9 Å². The van der Waals surface area contributed by atoms with E-state index in [4.69, 9.17) is 0 Å². The molecule has 9 heteroatoms. The normalized spacial score (nSPS) is 11.5. The van der Waals surface area contributed by atoms with Crippen molar-refractivity contribution in [1.29, 1.82) is 0 Å². The molecule has 0 saturated carbocycles. The summed E-state index contributed by atoms with van der Waals surface area (Å²) in [6, 6.07) is 11.4. The average molecular weight is 385 g/mol. The first-order valence-corrected chi connectivity index (χ1v) is 9.57. The second-order valence-corrected chi connectivity index (χ2v) is 8.12. The van der Waals surface area contributed by atoms with Gasteiger partial charge in [-0.2, -0.15) is 5.10 Å². The minimum atomic E-state index is -3.60. The lowest BCUT2D eigenvalue weighted by atomic mass is 10.2. The zero-order valence-electron chi connectivity index (χ0n) is 14.9. The number of carbonyl (C=O) groups is 1. The first-order chi connectivity index (χ1) is 12.9. The van der Waals surface area contributed by atoms with Crippen molar-refractivity contribution in [1.82, 2.24) is 24.4 Å². The van der Waals surface area contributed by atoms with E-state index in [9.17, 15) is 13.2 Å². The summed E-state index contributed by atoms with van der Waals surface area (Å²) in [5.74, 6) is 0.286. The van der Waals surface area contributed by atoms with Gasteiger partial charge in [0.25, 0.3) is 5.91 Å². The number of rotatable bonds is 6. The van der Waals surface area contributed by atoms with Gasteiger partial charge in [-0.15, -0.1) is 0 Å². The van der Waals surface area contributed by atoms with Crippen molar-refractivity contribution in [3.8, 4) is 5.82 Å². The molecular weight excluding hydrogens is 366 g/mol. The van der Waals surface area contributed by atoms with Crippen LogP contribution in [0.1, 0.15) is 15.9 Å². The van der Waals surface area contributed by atoms with Crippen LogP contribution in [-0.4, -0.2) is 47.5 Å². The van der Waals surface area contributed by atoms with E-state index in [0.717, 1.165) is 9.87 Å². The smallest absolute Gasteiger partial charge is 0.251 e. The summed E-state index contributed by atoms with van der Waals surface area (Å²) in [7, 11) is -0.701. The SMILES string of the molecule is CN(C)S(=O)(=O)c1cccc(C(=O)NCc2ccnc(-n3cccn3)c2)c1. The van der Waals surface area contributed by atoms with Crippen LogP contribution in [0.4, 0.5) is 0 Å². The van der Waals surface area contributed by atoms with Crippen LogP contribution in [-0.2, 0) is 16.6 Å². The van der Waals surface area contributed by atoms with Gasteiger partial charge in [-0.1, -0.05) is 6.07 Å². The molecule has 0 aliphatic heterocycles. The predicted molar refractivity (Wildman–Crippen MR) is 99.8 cm³/mol. The van der Waals surface area contributed by atoms with E-state index in [1.807, 2.05) is 6.07 Å². The van der Waals surface area contributed by atoms with Gasteiger partial charge in [0, 0.05) is 44.8 Å². The Hall–Kier alpha value is -3.04. The number of benzene rings is 1. The van der Waals surface area contributed by atoms with Crippen molar-refractivity contribution in [2.24, 2.45) is 0 Å². The molecule has 3 rings (SSSR count). The highest BCUT2D eigenvalue weighted by atomic mass is 32.2. The highest BCUT2D eigenvalue weighted by Crippen LogP contribution is 2.15. The van der Waals surface area contributed by atoms with Crippen molar-refractivity contribution in [2.45, 2.75) is 11.4 Å². The number of pyridine rings is 1. The van der Waals surface area contributed by atoms with E-state index in [1.165, 1.54) is 26.2 Å². The van der Waals surface area contributed by atoms with Gasteiger partial charge in [-0.05, 0) is 42.0 Å². The van der Waals surface area contributed by atoms with Crippen LogP contribution in [0.3, 0.4) is 0 Å². The second kappa shape index (κ2) is 7.68. The first kappa shape index (κ1) is 18.7. The monoisotopic (exact) mass is 385 g/mol. The molecule has 0 fully saturated rings. The molecule has 27 heavy (non-hydrogen) atoms. The van der Waals surface area contributed by atoms with Gasteiger partial charge in [0.05, 0.1) is 4.90 Å². The van der Waals surface area contributed by atoms with Crippen LogP contribution in [0.25, 0.3) is 5.82 Å². The quantitative estimate of drug-likeness (QED) is 0.693. The fourth-order valence-electron chi connectivity index (χ4n) is 2.39. The molecule has 1 amide bonds. The van der Waals surface area contributed by atoms with E-state index < -0.39 is 10.0 Å². The average Bonchev–Trinajstić information content (AvgIpc) is 3.21. The van der Waals surface area contributed by atoms with Gasteiger partial charge >= 0.3 is 0 Å². The maximum absolute atomic E-state index is 12.4. The number of aromatic nitrogens is 3. The van der Waals surface area contributed by atoms with Gasteiger partial charge < -0.3 is 5.32 Å². The Balaban J connectivity index is 1.73. The molecule has 0 atom stereocenters. The Morgan fingerprint density at radius 2 is 1.96 bits per heavy atom. The Morgan fingerprint density at radius 1 is 1.15 bits per heavy atom. The van der Waals surface area contributed by atoms with Crippen molar-refractivity contribution < 1.29 is 13.2 Å². The lowest BCUT2D eigenvalue weighted by Crippen LogP contribution is -2.25. The predicted octanol–water partition coefficient (Wildman–Crippen LogP) is 1.45. The van der Waals surface area contributed by atoms with Crippen LogP contribution in [0.15, 0.2) is 66.0 Å². The highest BCUT2D eigenvalue weighted by molar-refractivity contribution is 7.89. The van der Waals surface area contributed by atoms with Gasteiger partial charge in [0.15, 0.2) is 5.82 Å². The molecule has 0 unspecified atom stereocenters. The number of sulfonamides is 1. The summed E-state index contributed by atoms with van der Waals surface area (Å²) in [5, 5.41) is 6.91. The molecular formula is C18H19N5O3S. The van der Waals surface area contributed by atoms with Crippen LogP contribution in [0.2, 0.25) is 0 Å². The van der Waals surface area contributed by atoms with Crippen LogP contribution < -0.4 is 5.32 Å². The number of nitrogens with zero attached hydrogens (tertiary/aromatic N) is 4. The summed E-state index contributed by atoms with van der Waals surface area (Å²) >= 11 is 0. The topological polar surface area (TPSA) is 97.2 Å². The maximum atomic E-state index is 12.4. The lowest BCUT2D eigenvalue weighted by Gasteiger charge is -2.12. The molecule has 2 aromatic heterocycles. The molecule has 0 aliphatic carbocycles. The molecule has 140 valence electrons. The largest absolute Gasteiger partial charge is 0.348 e. The summed E-state index contributed by atoms with van der Waals surface area (Å²) in [5.41, 5.74) is 1.13. The fraction of sp³-hybridized carbons (Fsp3) is 0.167. The van der Waals surface area contributed by atoms with Gasteiger partial charge in [0.2, 0.25) is 10.0 Å². The molecule has 0 radical (unpaired) electrons. The molecule has 1 aromatic carbocycles. The molecule has 2 heterocycles. The second-order valence-electron chi connectivity index (χ2n) is 5.97. The lowest BCUT2D eigenvalue weighted by molar-refractivity contribution is 0.0950. The number of nitrogens with one attached hydrogen (secondary N) is 1. The Bertz CT molecular complexity index is 1050. The molecule has 0 aliphatic rings. The van der Waals surface area contributed by atoms with Crippen LogP contribution >= 0.6 is 0 Å². The van der Waals surface area contributed by atoms with E-state index in [-0.39, 0.29) is 22.9 Å². The zero-order chi connectivity index (χ0) is 19.4. The summed E-state index contributed by atoms with van der Waals surface area (Å²) in [6.07, 6.45) is 5.08. The van der Waals surface area contributed by atoms with Crippen LogP contribution in [0.5, 0.6) is 0 Å². The van der Waals surface area contributed by atoms with Crippen molar-refractivity contribution in [3.63, 3.8) is 0 Å². The van der Waals surface area contributed by atoms with Gasteiger partial charge in [-0.25, -0.2) is 22.4 Å². The van der Waals surface area contributed by atoms with Crippen molar-refractivity contribution in [2.75, 3.05) is 14.1 Å². The first-order valence-electron chi connectivity index (χ1n) is 8.13. The third kappa shape index (κ3) is 4.21. The number of hydrogen-bond donors (Lipinski definition) is 1. The van der Waals surface area contributed by atoms with Crippen LogP contribution in [0, 0.1) is 0 Å². The standard InChI is InChI=1S/C18H19N5O3S/c1-22(2)27(25,26)16-6-3-5-15(12-16)18(24)20-13-14-7-9-19-17(11-14)23-10-4-8-21-23/h3-12H,13H2,1-2H3,(H,20,24). The minimum absolute atomic E-state index is 0.0741. The Kier molecular flexibility index (Phi) is 5.33. The molecule has 8 nitrogen and oxygen atoms in total. The summed E-state index contributed by atoms with van der Waals surface area (Å²) in [4.78, 5) is 16.7. The fourth-order valence-corrected chi connectivity index (χ4v) is 3.34. The van der Waals surface area contributed by atoms with E-state index in [2.05, 4.69) is 15.4 Å². The third-order valence-electron chi connectivity index (χ3n) is 3.88. The third-order valence-corrected chi connectivity index (χ3v) is 5.69. The molecule has 1 N–H and O–H groups in total. The Morgan fingerprint density at radius 3 is 2.67 bits per heavy atom. The Labute approximate surface area is 157 Å². The number of amides is 1. The van der Waals surface area contributed by atoms with E-state index >= 15 is 0 Å². The number of hydrogen-bond acceptors (Lipinski definition) is 5. The summed E-state index contributed by atoms with van der Waals surface area (Å²) < 4.78 is 27.2. The summed E-state index contributed by atoms with van der Waals surface area (Å²) in [6.45, 7) is 0.278. The highest BCUT2D eigenvalue weighted by Gasteiger charge is 2.18. The maximum Gasteiger partial charge on any atom is 0.251 e. The van der Waals surface area contributed by atoms with E-state index in [1.54, 1.807) is 47.5 Å². The molecule has 3 aromatic rings. The zero-order valence-corrected chi connectivity index (χ0v) is 15.7. The molecule has 0 spiro atoms. The molecule has 0 bridgehead atoms. The van der Waals surface area contributed by atoms with Crippen molar-refractivity contribution in [3.05, 3.63) is 72.2 Å². The number of carbonyl (C=O) groups excluding carboxylic acids is 1. The van der Waals surface area contributed by atoms with Gasteiger partial charge in [0.1, 0.15) is 0 Å².